The number of nitrogens with zero attached hydrogens (tertiary/aromatic N) is 2. The molecule has 0 bridgehead atoms. The minimum absolute atomic E-state index is 0.0505. The van der Waals surface area contributed by atoms with Crippen LogP contribution in [0, 0.1) is 11.8 Å². The van der Waals surface area contributed by atoms with Crippen LogP contribution in [-0.2, 0) is 19.4 Å². The number of carbonyl (C=O) groups excluding carboxylic acids is 1. The van der Waals surface area contributed by atoms with Gasteiger partial charge in [-0.05, 0) is 54.4 Å². The van der Waals surface area contributed by atoms with E-state index in [-0.39, 0.29) is 23.1 Å². The minimum atomic E-state index is -0.950. The maximum absolute atomic E-state index is 13.3. The summed E-state index contributed by atoms with van der Waals surface area (Å²) in [5.41, 5.74) is 3.52. The Hall–Kier alpha value is -3.41. The van der Waals surface area contributed by atoms with Crippen LogP contribution in [0.15, 0.2) is 59.5 Å². The molecule has 1 aliphatic carbocycles. The molecule has 6 heteroatoms. The summed E-state index contributed by atoms with van der Waals surface area (Å²) < 4.78 is 3.12. The maximum Gasteiger partial charge on any atom is 0.336 e. The molecule has 0 radical (unpaired) electrons. The van der Waals surface area contributed by atoms with E-state index in [0.717, 1.165) is 48.9 Å². The van der Waals surface area contributed by atoms with E-state index in [4.69, 9.17) is 0 Å². The first-order valence-corrected chi connectivity index (χ1v) is 12.6. The Bertz CT molecular complexity index is 1240. The highest BCUT2D eigenvalue weighted by Crippen LogP contribution is 2.26. The summed E-state index contributed by atoms with van der Waals surface area (Å²) in [6, 6.07) is 14.8. The molecule has 1 heterocycles. The third-order valence-corrected chi connectivity index (χ3v) is 6.92. The Balaban J connectivity index is 1.54. The van der Waals surface area contributed by atoms with E-state index in [1.165, 1.54) is 11.0 Å². The first kappa shape index (κ1) is 24.7. The van der Waals surface area contributed by atoms with Gasteiger partial charge in [0.25, 0.3) is 0 Å². The molecule has 4 rings (SSSR count). The average molecular weight is 475 g/mol. The van der Waals surface area contributed by atoms with Gasteiger partial charge in [-0.2, -0.15) is 0 Å². The summed E-state index contributed by atoms with van der Waals surface area (Å²) in [5.74, 6) is -0.686. The quantitative estimate of drug-likeness (QED) is 0.456. The summed E-state index contributed by atoms with van der Waals surface area (Å²) >= 11 is 0. The van der Waals surface area contributed by atoms with Crippen LogP contribution in [0.25, 0.3) is 11.1 Å². The number of benzene rings is 2. The van der Waals surface area contributed by atoms with E-state index in [2.05, 4.69) is 13.8 Å². The largest absolute Gasteiger partial charge is 0.478 e. The second-order valence-electron chi connectivity index (χ2n) is 9.99. The molecule has 0 atom stereocenters. The molecule has 6 nitrogen and oxygen atoms in total. The van der Waals surface area contributed by atoms with Gasteiger partial charge >= 0.3 is 11.7 Å². The number of carboxylic acid groups (broad SMARTS) is 1. The smallest absolute Gasteiger partial charge is 0.336 e. The van der Waals surface area contributed by atoms with Crippen molar-refractivity contribution in [3.8, 4) is 11.1 Å². The number of carboxylic acids is 1. The first-order chi connectivity index (χ1) is 16.8. The molecule has 2 aromatic carbocycles. The molecular weight excluding hydrogens is 440 g/mol. The van der Waals surface area contributed by atoms with E-state index >= 15 is 0 Å². The third-order valence-electron chi connectivity index (χ3n) is 6.92. The fourth-order valence-electron chi connectivity index (χ4n) is 5.06. The number of aromatic nitrogens is 2. The Morgan fingerprint density at radius 3 is 2.34 bits per heavy atom. The summed E-state index contributed by atoms with van der Waals surface area (Å²) in [5, 5.41) is 9.47. The molecule has 1 aromatic heterocycles. The van der Waals surface area contributed by atoms with E-state index in [0.29, 0.717) is 24.4 Å². The molecule has 1 N–H and O–H groups in total. The molecule has 0 amide bonds. The van der Waals surface area contributed by atoms with Gasteiger partial charge in [-0.1, -0.05) is 75.6 Å². The van der Waals surface area contributed by atoms with Gasteiger partial charge in [-0.15, -0.1) is 0 Å². The van der Waals surface area contributed by atoms with Gasteiger partial charge in [0.05, 0.1) is 5.56 Å². The predicted octanol–water partition coefficient (Wildman–Crippen LogP) is 5.68. The highest BCUT2D eigenvalue weighted by molar-refractivity contribution is 5.96. The lowest BCUT2D eigenvalue weighted by Crippen LogP contribution is -2.34. The molecule has 0 spiro atoms. The van der Waals surface area contributed by atoms with Crippen LogP contribution < -0.4 is 5.69 Å². The maximum atomic E-state index is 13.3. The second kappa shape index (κ2) is 10.9. The van der Waals surface area contributed by atoms with Crippen LogP contribution in [-0.4, -0.2) is 26.1 Å². The van der Waals surface area contributed by atoms with Crippen LogP contribution in [0.1, 0.15) is 72.4 Å². The van der Waals surface area contributed by atoms with Crippen LogP contribution in [0.4, 0.5) is 0 Å². The van der Waals surface area contributed by atoms with Crippen LogP contribution in [0.5, 0.6) is 0 Å². The first-order valence-electron chi connectivity index (χ1n) is 12.6. The summed E-state index contributed by atoms with van der Waals surface area (Å²) in [7, 11) is 0. The number of carbonyl (C=O) groups is 2. The van der Waals surface area contributed by atoms with Crippen molar-refractivity contribution in [3.63, 3.8) is 0 Å². The SMILES string of the molecule is CC(C)Cc1cn(C(=O)C2CCCCC2)c(=O)n1CCc1ccc(-c2ccccc2C(=O)O)cc1. The van der Waals surface area contributed by atoms with Gasteiger partial charge in [0.15, 0.2) is 0 Å². The fourth-order valence-corrected chi connectivity index (χ4v) is 5.06. The summed E-state index contributed by atoms with van der Waals surface area (Å²) in [6.45, 7) is 4.72. The lowest BCUT2D eigenvalue weighted by atomic mass is 9.88. The molecule has 1 fully saturated rings. The number of aromatic carboxylic acids is 1. The van der Waals surface area contributed by atoms with Crippen molar-refractivity contribution < 1.29 is 14.7 Å². The number of hydrogen-bond acceptors (Lipinski definition) is 3. The molecular formula is C29H34N2O4. The Labute approximate surface area is 206 Å². The van der Waals surface area contributed by atoms with Gasteiger partial charge in [0.2, 0.25) is 5.91 Å². The zero-order valence-corrected chi connectivity index (χ0v) is 20.6. The number of hydrogen-bond donors (Lipinski definition) is 1. The topological polar surface area (TPSA) is 81.3 Å². The van der Waals surface area contributed by atoms with Crippen molar-refractivity contribution in [2.45, 2.75) is 65.3 Å². The van der Waals surface area contributed by atoms with Crippen molar-refractivity contribution >= 4 is 11.9 Å². The Kier molecular flexibility index (Phi) is 7.69. The Morgan fingerprint density at radius 2 is 1.69 bits per heavy atom. The highest BCUT2D eigenvalue weighted by atomic mass is 16.4. The standard InChI is InChI=1S/C29H34N2O4/c1-20(2)18-24-19-31(27(32)23-8-4-3-5-9-23)29(35)30(24)17-16-21-12-14-22(15-13-21)25-10-6-7-11-26(25)28(33)34/h6-7,10-15,19-20,23H,3-5,8-9,16-18H2,1-2H3,(H,33,34). The third kappa shape index (κ3) is 5.64. The van der Waals surface area contributed by atoms with Crippen molar-refractivity contribution in [1.82, 2.24) is 9.13 Å². The van der Waals surface area contributed by atoms with Crippen LogP contribution in [0.2, 0.25) is 0 Å². The molecule has 184 valence electrons. The summed E-state index contributed by atoms with van der Waals surface area (Å²) in [4.78, 5) is 37.9. The van der Waals surface area contributed by atoms with Crippen LogP contribution in [0.3, 0.4) is 0 Å². The number of aryl methyl sites for hydroxylation is 1. The predicted molar refractivity (Wildman–Crippen MR) is 137 cm³/mol. The zero-order chi connectivity index (χ0) is 24.9. The molecule has 0 saturated heterocycles. The van der Waals surface area contributed by atoms with E-state index in [1.54, 1.807) is 22.9 Å². The number of imidazole rings is 1. The Morgan fingerprint density at radius 1 is 1.00 bits per heavy atom. The van der Waals surface area contributed by atoms with Crippen molar-refractivity contribution in [1.29, 1.82) is 0 Å². The molecule has 1 saturated carbocycles. The van der Waals surface area contributed by atoms with Crippen LogP contribution >= 0.6 is 0 Å². The lowest BCUT2D eigenvalue weighted by molar-refractivity contribution is 0.0697. The van der Waals surface area contributed by atoms with E-state index in [1.807, 2.05) is 36.4 Å². The van der Waals surface area contributed by atoms with Crippen molar-refractivity contribution in [2.75, 3.05) is 0 Å². The molecule has 35 heavy (non-hydrogen) atoms. The molecule has 3 aromatic rings. The van der Waals surface area contributed by atoms with E-state index < -0.39 is 5.97 Å². The van der Waals surface area contributed by atoms with Crippen molar-refractivity contribution in [3.05, 3.63) is 82.0 Å². The van der Waals surface area contributed by atoms with Gasteiger partial charge in [-0.3, -0.25) is 9.36 Å². The average Bonchev–Trinajstić information content (AvgIpc) is 3.17. The number of rotatable bonds is 8. The van der Waals surface area contributed by atoms with Crippen molar-refractivity contribution in [2.24, 2.45) is 11.8 Å². The highest BCUT2D eigenvalue weighted by Gasteiger charge is 2.26. The van der Waals surface area contributed by atoms with Gasteiger partial charge in [0, 0.05) is 24.4 Å². The summed E-state index contributed by atoms with van der Waals surface area (Å²) in [6.07, 6.45) is 8.17. The second-order valence-corrected chi connectivity index (χ2v) is 9.99. The minimum Gasteiger partial charge on any atom is -0.478 e. The molecule has 0 aliphatic heterocycles. The molecule has 0 unspecified atom stereocenters. The van der Waals surface area contributed by atoms with Gasteiger partial charge < -0.3 is 5.11 Å². The fraction of sp³-hybridized carbons (Fsp3) is 0.414. The van der Waals surface area contributed by atoms with E-state index in [9.17, 15) is 19.5 Å². The zero-order valence-electron chi connectivity index (χ0n) is 20.6. The van der Waals surface area contributed by atoms with Gasteiger partial charge in [-0.25, -0.2) is 14.2 Å². The lowest BCUT2D eigenvalue weighted by Gasteiger charge is -2.19. The molecule has 1 aliphatic rings. The monoisotopic (exact) mass is 474 g/mol. The normalized spacial score (nSPS) is 14.4. The van der Waals surface area contributed by atoms with Gasteiger partial charge in [0.1, 0.15) is 0 Å².